The topological polar surface area (TPSA) is 54.0 Å². The quantitative estimate of drug-likeness (QED) is 0.715. The highest BCUT2D eigenvalue weighted by atomic mass is 35.5. The van der Waals surface area contributed by atoms with Gasteiger partial charge in [-0.05, 0) is 25.0 Å². The summed E-state index contributed by atoms with van der Waals surface area (Å²) < 4.78 is 0. The molecule has 4 nitrogen and oxygen atoms in total. The average Bonchev–Trinajstić information content (AvgIpc) is 2.71. The molecule has 0 unspecified atom stereocenters. The van der Waals surface area contributed by atoms with Gasteiger partial charge in [-0.2, -0.15) is 0 Å². The fourth-order valence-corrected chi connectivity index (χ4v) is 3.22. The number of carbonyl (C=O) groups is 1. The summed E-state index contributed by atoms with van der Waals surface area (Å²) in [5, 5.41) is 6.76. The Bertz CT molecular complexity index is 495. The van der Waals surface area contributed by atoms with Gasteiger partial charge in [0.05, 0.1) is 11.1 Å². The van der Waals surface area contributed by atoms with E-state index in [0.717, 1.165) is 31.4 Å². The van der Waals surface area contributed by atoms with Crippen molar-refractivity contribution in [3.63, 3.8) is 0 Å². The second-order valence-electron chi connectivity index (χ2n) is 5.53. The van der Waals surface area contributed by atoms with E-state index in [1.165, 1.54) is 12.8 Å². The van der Waals surface area contributed by atoms with Crippen molar-refractivity contribution in [2.75, 3.05) is 17.2 Å². The molecular weight excluding hydrogens is 262 g/mol. The molecule has 1 amide bonds. The Kier molecular flexibility index (Phi) is 3.35. The molecular formula is C14H18ClN3O. The minimum absolute atomic E-state index is 0.129. The molecule has 19 heavy (non-hydrogen) atoms. The summed E-state index contributed by atoms with van der Waals surface area (Å²) in [6, 6.07) is 3.51. The molecule has 0 radical (unpaired) electrons. The summed E-state index contributed by atoms with van der Waals surface area (Å²) in [7, 11) is 0. The zero-order valence-corrected chi connectivity index (χ0v) is 11.6. The van der Waals surface area contributed by atoms with Crippen molar-refractivity contribution in [1.82, 2.24) is 4.98 Å². The highest BCUT2D eigenvalue weighted by Crippen LogP contribution is 2.39. The predicted octanol–water partition coefficient (Wildman–Crippen LogP) is 3.44. The first-order valence-corrected chi connectivity index (χ1v) is 7.29. The number of hydrogen-bond acceptors (Lipinski definition) is 3. The van der Waals surface area contributed by atoms with Gasteiger partial charge in [-0.3, -0.25) is 4.79 Å². The van der Waals surface area contributed by atoms with Gasteiger partial charge in [0.1, 0.15) is 5.15 Å². The van der Waals surface area contributed by atoms with Gasteiger partial charge < -0.3 is 10.6 Å². The molecule has 0 aromatic carbocycles. The number of amides is 1. The van der Waals surface area contributed by atoms with Crippen LogP contribution in [0.25, 0.3) is 0 Å². The number of rotatable bonds is 0. The molecule has 1 aromatic rings. The summed E-state index contributed by atoms with van der Waals surface area (Å²) in [5.74, 6) is 0.812. The highest BCUT2D eigenvalue weighted by molar-refractivity contribution is 6.29. The van der Waals surface area contributed by atoms with Crippen molar-refractivity contribution in [3.05, 3.63) is 17.3 Å². The Labute approximate surface area is 117 Å². The van der Waals surface area contributed by atoms with E-state index >= 15 is 0 Å². The van der Waals surface area contributed by atoms with E-state index in [1.54, 1.807) is 6.07 Å². The van der Waals surface area contributed by atoms with Gasteiger partial charge in [0.25, 0.3) is 0 Å². The molecule has 1 spiro atoms. The fraction of sp³-hybridized carbons (Fsp3) is 0.571. The van der Waals surface area contributed by atoms with E-state index in [9.17, 15) is 4.79 Å². The maximum atomic E-state index is 12.6. The molecule has 1 aliphatic carbocycles. The van der Waals surface area contributed by atoms with E-state index in [4.69, 9.17) is 11.6 Å². The molecule has 1 saturated carbocycles. The number of nitrogens with one attached hydrogen (secondary N) is 2. The van der Waals surface area contributed by atoms with Crippen LogP contribution in [0.15, 0.2) is 12.1 Å². The molecule has 3 rings (SSSR count). The normalized spacial score (nSPS) is 21.8. The Morgan fingerprint density at radius 2 is 1.89 bits per heavy atom. The molecule has 1 aromatic heterocycles. The first-order chi connectivity index (χ1) is 9.20. The van der Waals surface area contributed by atoms with Crippen LogP contribution < -0.4 is 10.6 Å². The smallest absolute Gasteiger partial charge is 0.232 e. The lowest BCUT2D eigenvalue weighted by Crippen LogP contribution is -2.39. The second kappa shape index (κ2) is 5.00. The maximum absolute atomic E-state index is 12.6. The number of fused-ring (bicyclic) bond motifs is 1. The van der Waals surface area contributed by atoms with Crippen LogP contribution in [-0.4, -0.2) is 17.4 Å². The molecule has 1 aliphatic heterocycles. The van der Waals surface area contributed by atoms with Crippen LogP contribution in [0.3, 0.4) is 0 Å². The number of hydrogen-bond donors (Lipinski definition) is 2. The minimum atomic E-state index is -0.288. The number of nitrogens with zero attached hydrogens (tertiary/aromatic N) is 1. The number of halogens is 1. The van der Waals surface area contributed by atoms with Gasteiger partial charge in [0.2, 0.25) is 5.91 Å². The summed E-state index contributed by atoms with van der Waals surface area (Å²) >= 11 is 5.91. The molecule has 2 heterocycles. The van der Waals surface area contributed by atoms with Crippen molar-refractivity contribution in [3.8, 4) is 0 Å². The third-order valence-electron chi connectivity index (χ3n) is 4.25. The molecule has 1 fully saturated rings. The van der Waals surface area contributed by atoms with Crippen molar-refractivity contribution in [2.45, 2.75) is 38.5 Å². The lowest BCUT2D eigenvalue weighted by molar-refractivity contribution is -0.125. The SMILES string of the molecule is O=C1Nc2ccc(Cl)nc2NCC12CCCCCC2. The van der Waals surface area contributed by atoms with Gasteiger partial charge in [-0.1, -0.05) is 37.3 Å². The molecule has 102 valence electrons. The number of aromatic nitrogens is 1. The van der Waals surface area contributed by atoms with Crippen molar-refractivity contribution in [2.24, 2.45) is 5.41 Å². The second-order valence-corrected chi connectivity index (χ2v) is 5.92. The van der Waals surface area contributed by atoms with Gasteiger partial charge >= 0.3 is 0 Å². The van der Waals surface area contributed by atoms with E-state index in [0.29, 0.717) is 17.5 Å². The Morgan fingerprint density at radius 3 is 2.63 bits per heavy atom. The Morgan fingerprint density at radius 1 is 1.16 bits per heavy atom. The molecule has 0 atom stereocenters. The zero-order chi connectivity index (χ0) is 13.3. The van der Waals surface area contributed by atoms with Gasteiger partial charge in [-0.15, -0.1) is 0 Å². The van der Waals surface area contributed by atoms with E-state index in [-0.39, 0.29) is 11.3 Å². The molecule has 2 aliphatic rings. The number of carbonyl (C=O) groups excluding carboxylic acids is 1. The summed E-state index contributed by atoms with van der Waals surface area (Å²) in [6.45, 7) is 0.652. The third-order valence-corrected chi connectivity index (χ3v) is 4.46. The lowest BCUT2D eigenvalue weighted by atomic mass is 9.79. The van der Waals surface area contributed by atoms with Gasteiger partial charge in [0, 0.05) is 6.54 Å². The van der Waals surface area contributed by atoms with Crippen LogP contribution in [0, 0.1) is 5.41 Å². The molecule has 2 N–H and O–H groups in total. The monoisotopic (exact) mass is 279 g/mol. The fourth-order valence-electron chi connectivity index (χ4n) is 3.07. The molecule has 5 heteroatoms. The summed E-state index contributed by atoms with van der Waals surface area (Å²) in [6.07, 6.45) is 6.61. The Hall–Kier alpha value is -1.29. The lowest BCUT2D eigenvalue weighted by Gasteiger charge is -2.29. The van der Waals surface area contributed by atoms with Crippen LogP contribution in [0.4, 0.5) is 11.5 Å². The standard InChI is InChI=1S/C14H18ClN3O/c15-11-6-5-10-12(18-11)16-9-14(13(19)17-10)7-3-1-2-4-8-14/h5-6H,1-4,7-9H2,(H,16,18)(H,17,19). The van der Waals surface area contributed by atoms with Crippen LogP contribution in [-0.2, 0) is 4.79 Å². The summed E-state index contributed by atoms with van der Waals surface area (Å²) in [5.41, 5.74) is 0.444. The van der Waals surface area contributed by atoms with E-state index in [1.807, 2.05) is 6.07 Å². The van der Waals surface area contributed by atoms with Crippen molar-refractivity contribution < 1.29 is 4.79 Å². The molecule has 0 saturated heterocycles. The molecule has 0 bridgehead atoms. The van der Waals surface area contributed by atoms with Crippen molar-refractivity contribution >= 4 is 29.0 Å². The van der Waals surface area contributed by atoms with Crippen molar-refractivity contribution in [1.29, 1.82) is 0 Å². The minimum Gasteiger partial charge on any atom is -0.367 e. The van der Waals surface area contributed by atoms with Gasteiger partial charge in [0.15, 0.2) is 5.82 Å². The Balaban J connectivity index is 1.90. The largest absolute Gasteiger partial charge is 0.367 e. The third kappa shape index (κ3) is 2.41. The average molecular weight is 280 g/mol. The number of anilines is 2. The van der Waals surface area contributed by atoms with Crippen LogP contribution >= 0.6 is 11.6 Å². The first-order valence-electron chi connectivity index (χ1n) is 6.92. The summed E-state index contributed by atoms with van der Waals surface area (Å²) in [4.78, 5) is 16.8. The van der Waals surface area contributed by atoms with E-state index in [2.05, 4.69) is 15.6 Å². The highest BCUT2D eigenvalue weighted by Gasteiger charge is 2.40. The van der Waals surface area contributed by atoms with E-state index < -0.39 is 0 Å². The van der Waals surface area contributed by atoms with Crippen LogP contribution in [0.2, 0.25) is 5.15 Å². The predicted molar refractivity (Wildman–Crippen MR) is 76.5 cm³/mol. The first kappa shape index (κ1) is 12.7. The zero-order valence-electron chi connectivity index (χ0n) is 10.8. The number of pyridine rings is 1. The van der Waals surface area contributed by atoms with Crippen LogP contribution in [0.5, 0.6) is 0 Å². The maximum Gasteiger partial charge on any atom is 0.232 e. The van der Waals surface area contributed by atoms with Crippen LogP contribution in [0.1, 0.15) is 38.5 Å². The van der Waals surface area contributed by atoms with Gasteiger partial charge in [-0.25, -0.2) is 4.98 Å².